The molecule has 1 fully saturated rings. The van der Waals surface area contributed by atoms with Gasteiger partial charge >= 0.3 is 6.03 Å². The third kappa shape index (κ3) is 3.11. The first-order valence-corrected chi connectivity index (χ1v) is 9.93. The molecule has 3 amide bonds. The molecule has 1 atom stereocenters. The number of amides is 3. The number of carbonyl (C=O) groups is 2. The smallest absolute Gasteiger partial charge is 0.325 e. The molecule has 0 saturated carbocycles. The molecule has 7 heteroatoms. The number of thiazole rings is 1. The Labute approximate surface area is 167 Å². The second-order valence-electron chi connectivity index (χ2n) is 7.33. The van der Waals surface area contributed by atoms with Crippen LogP contribution in [0.25, 0.3) is 10.6 Å². The van der Waals surface area contributed by atoms with Gasteiger partial charge in [-0.1, -0.05) is 38.1 Å². The SMILES string of the molecule is CC(C)c1ccc(-c2ncc(CN3C(=O)NC(C)(c4ccco4)C3=O)s2)cc1. The van der Waals surface area contributed by atoms with E-state index in [0.29, 0.717) is 11.7 Å². The molecular formula is C21H21N3O3S. The molecule has 0 bridgehead atoms. The lowest BCUT2D eigenvalue weighted by Crippen LogP contribution is -2.40. The van der Waals surface area contributed by atoms with Crippen LogP contribution in [-0.4, -0.2) is 21.8 Å². The van der Waals surface area contributed by atoms with Gasteiger partial charge in [0, 0.05) is 16.6 Å². The number of furan rings is 1. The third-order valence-corrected chi connectivity index (χ3v) is 6.01. The predicted octanol–water partition coefficient (Wildman–Crippen LogP) is 4.49. The maximum absolute atomic E-state index is 12.9. The maximum Gasteiger partial charge on any atom is 0.325 e. The second kappa shape index (κ2) is 6.91. The number of urea groups is 1. The van der Waals surface area contributed by atoms with Crippen LogP contribution in [-0.2, 0) is 16.9 Å². The van der Waals surface area contributed by atoms with E-state index in [1.807, 2.05) is 0 Å². The summed E-state index contributed by atoms with van der Waals surface area (Å²) in [5.41, 5.74) is 1.12. The van der Waals surface area contributed by atoms with Gasteiger partial charge in [-0.25, -0.2) is 9.78 Å². The zero-order valence-corrected chi connectivity index (χ0v) is 16.7. The number of nitrogens with zero attached hydrogens (tertiary/aromatic N) is 2. The average molecular weight is 395 g/mol. The Bertz CT molecular complexity index is 1010. The molecule has 1 aliphatic rings. The van der Waals surface area contributed by atoms with Crippen LogP contribution in [0.2, 0.25) is 0 Å². The minimum atomic E-state index is -1.18. The van der Waals surface area contributed by atoms with Crippen LogP contribution in [0.15, 0.2) is 53.3 Å². The van der Waals surface area contributed by atoms with E-state index >= 15 is 0 Å². The minimum absolute atomic E-state index is 0.183. The molecule has 3 heterocycles. The van der Waals surface area contributed by atoms with Gasteiger partial charge in [0.25, 0.3) is 5.91 Å². The van der Waals surface area contributed by atoms with Crippen LogP contribution in [0.3, 0.4) is 0 Å². The first-order valence-electron chi connectivity index (χ1n) is 9.11. The summed E-state index contributed by atoms with van der Waals surface area (Å²) < 4.78 is 5.35. The topological polar surface area (TPSA) is 75.4 Å². The standard InChI is InChI=1S/C21H21N3O3S/c1-13(2)14-6-8-15(9-7-14)18-22-11-16(28-18)12-24-19(25)21(3,23-20(24)26)17-5-4-10-27-17/h4-11,13H,12H2,1-3H3,(H,23,26). The van der Waals surface area contributed by atoms with Gasteiger partial charge in [0.15, 0.2) is 5.54 Å². The van der Waals surface area contributed by atoms with Gasteiger partial charge in [-0.05, 0) is 30.5 Å². The molecule has 0 aliphatic carbocycles. The fraction of sp³-hybridized carbons (Fsp3) is 0.286. The summed E-state index contributed by atoms with van der Waals surface area (Å²) in [6.45, 7) is 6.15. The van der Waals surface area contributed by atoms with Gasteiger partial charge < -0.3 is 9.73 Å². The van der Waals surface area contributed by atoms with Gasteiger partial charge in [0.05, 0.1) is 12.8 Å². The number of aromatic nitrogens is 1. The van der Waals surface area contributed by atoms with Crippen molar-refractivity contribution in [2.24, 2.45) is 0 Å². The molecule has 1 aromatic carbocycles. The summed E-state index contributed by atoms with van der Waals surface area (Å²) in [4.78, 5) is 31.8. The van der Waals surface area contributed by atoms with Crippen LogP contribution in [0, 0.1) is 0 Å². The monoisotopic (exact) mass is 395 g/mol. The van der Waals surface area contributed by atoms with Crippen LogP contribution in [0.5, 0.6) is 0 Å². The highest BCUT2D eigenvalue weighted by Gasteiger charge is 2.51. The number of carbonyl (C=O) groups excluding carboxylic acids is 2. The van der Waals surface area contributed by atoms with E-state index in [1.54, 1.807) is 25.3 Å². The number of benzene rings is 1. The van der Waals surface area contributed by atoms with Crippen molar-refractivity contribution >= 4 is 23.3 Å². The lowest BCUT2D eigenvalue weighted by molar-refractivity contribution is -0.132. The highest BCUT2D eigenvalue weighted by Crippen LogP contribution is 2.32. The summed E-state index contributed by atoms with van der Waals surface area (Å²) in [5.74, 6) is 0.566. The maximum atomic E-state index is 12.9. The Kier molecular flexibility index (Phi) is 4.55. The quantitative estimate of drug-likeness (QED) is 0.646. The van der Waals surface area contributed by atoms with Crippen LogP contribution < -0.4 is 5.32 Å². The normalized spacial score (nSPS) is 19.5. The Morgan fingerprint density at radius 3 is 2.61 bits per heavy atom. The molecule has 1 unspecified atom stereocenters. The first kappa shape index (κ1) is 18.4. The molecule has 1 N–H and O–H groups in total. The van der Waals surface area contributed by atoms with E-state index in [-0.39, 0.29) is 12.5 Å². The fourth-order valence-corrected chi connectivity index (χ4v) is 4.16. The zero-order chi connectivity index (χ0) is 19.9. The third-order valence-electron chi connectivity index (χ3n) is 4.98. The van der Waals surface area contributed by atoms with E-state index in [0.717, 1.165) is 15.4 Å². The lowest BCUT2D eigenvalue weighted by Gasteiger charge is -2.18. The molecule has 144 valence electrons. The predicted molar refractivity (Wildman–Crippen MR) is 107 cm³/mol. The molecule has 1 aliphatic heterocycles. The molecule has 28 heavy (non-hydrogen) atoms. The van der Waals surface area contributed by atoms with Gasteiger partial charge in [-0.15, -0.1) is 11.3 Å². The molecular weight excluding hydrogens is 374 g/mol. The summed E-state index contributed by atoms with van der Waals surface area (Å²) in [5, 5.41) is 3.60. The van der Waals surface area contributed by atoms with Crippen molar-refractivity contribution < 1.29 is 14.0 Å². The Morgan fingerprint density at radius 1 is 1.21 bits per heavy atom. The van der Waals surface area contributed by atoms with Crippen LogP contribution >= 0.6 is 11.3 Å². The van der Waals surface area contributed by atoms with Crippen molar-refractivity contribution in [3.8, 4) is 10.6 Å². The van der Waals surface area contributed by atoms with Crippen molar-refractivity contribution in [1.29, 1.82) is 0 Å². The first-order chi connectivity index (χ1) is 13.4. The number of hydrogen-bond donors (Lipinski definition) is 1. The summed E-state index contributed by atoms with van der Waals surface area (Å²) in [6.07, 6.45) is 3.21. The van der Waals surface area contributed by atoms with Crippen molar-refractivity contribution in [1.82, 2.24) is 15.2 Å². The molecule has 4 rings (SSSR count). The zero-order valence-electron chi connectivity index (χ0n) is 15.9. The minimum Gasteiger partial charge on any atom is -0.466 e. The largest absolute Gasteiger partial charge is 0.466 e. The molecule has 2 aromatic heterocycles. The molecule has 6 nitrogen and oxygen atoms in total. The number of hydrogen-bond acceptors (Lipinski definition) is 5. The van der Waals surface area contributed by atoms with E-state index in [4.69, 9.17) is 4.42 Å². The molecule has 0 spiro atoms. The van der Waals surface area contributed by atoms with Gasteiger partial charge in [0.1, 0.15) is 10.8 Å². The second-order valence-corrected chi connectivity index (χ2v) is 8.45. The summed E-state index contributed by atoms with van der Waals surface area (Å²) in [7, 11) is 0. The highest BCUT2D eigenvalue weighted by molar-refractivity contribution is 7.15. The van der Waals surface area contributed by atoms with Crippen LogP contribution in [0.4, 0.5) is 4.79 Å². The Hall–Kier alpha value is -2.93. The molecule has 0 radical (unpaired) electrons. The number of imide groups is 1. The van der Waals surface area contributed by atoms with Gasteiger partial charge in [0.2, 0.25) is 0 Å². The number of nitrogens with one attached hydrogen (secondary N) is 1. The number of rotatable bonds is 5. The van der Waals surface area contributed by atoms with E-state index in [1.165, 1.54) is 28.1 Å². The van der Waals surface area contributed by atoms with Crippen molar-refractivity contribution in [2.45, 2.75) is 38.8 Å². The van der Waals surface area contributed by atoms with Crippen molar-refractivity contribution in [2.75, 3.05) is 0 Å². The fourth-order valence-electron chi connectivity index (χ4n) is 3.25. The van der Waals surface area contributed by atoms with Gasteiger partial charge in [-0.3, -0.25) is 9.69 Å². The molecule has 1 saturated heterocycles. The summed E-state index contributed by atoms with van der Waals surface area (Å²) >= 11 is 1.48. The lowest BCUT2D eigenvalue weighted by atomic mass is 9.99. The van der Waals surface area contributed by atoms with Crippen molar-refractivity contribution in [3.63, 3.8) is 0 Å². The van der Waals surface area contributed by atoms with Crippen molar-refractivity contribution in [3.05, 3.63) is 65.1 Å². The Morgan fingerprint density at radius 2 is 1.96 bits per heavy atom. The summed E-state index contributed by atoms with van der Waals surface area (Å²) in [6, 6.07) is 11.3. The van der Waals surface area contributed by atoms with E-state index in [2.05, 4.69) is 48.4 Å². The van der Waals surface area contributed by atoms with E-state index in [9.17, 15) is 9.59 Å². The molecule has 3 aromatic rings. The van der Waals surface area contributed by atoms with Gasteiger partial charge in [-0.2, -0.15) is 0 Å². The Balaban J connectivity index is 1.52. The highest BCUT2D eigenvalue weighted by atomic mass is 32.1. The van der Waals surface area contributed by atoms with E-state index < -0.39 is 11.6 Å². The average Bonchev–Trinajstić information content (AvgIpc) is 3.41. The van der Waals surface area contributed by atoms with Crippen LogP contribution in [0.1, 0.15) is 42.9 Å².